The normalized spacial score (nSPS) is 11.6. The van der Waals surface area contributed by atoms with E-state index >= 15 is 0 Å². The van der Waals surface area contributed by atoms with E-state index in [1.54, 1.807) is 7.05 Å². The van der Waals surface area contributed by atoms with E-state index in [2.05, 4.69) is 25.9 Å². The predicted molar refractivity (Wildman–Crippen MR) is 66.5 cm³/mol. The highest BCUT2D eigenvalue weighted by Gasteiger charge is 2.17. The van der Waals surface area contributed by atoms with E-state index in [-0.39, 0.29) is 21.1 Å². The van der Waals surface area contributed by atoms with Crippen molar-refractivity contribution in [3.8, 4) is 0 Å². The van der Waals surface area contributed by atoms with Crippen molar-refractivity contribution < 1.29 is 8.78 Å². The summed E-state index contributed by atoms with van der Waals surface area (Å²) in [6.07, 6.45) is 1.41. The van der Waals surface area contributed by atoms with E-state index in [4.69, 9.17) is 0 Å². The van der Waals surface area contributed by atoms with Crippen molar-refractivity contribution in [1.82, 2.24) is 14.5 Å². The molecule has 2 heterocycles. The van der Waals surface area contributed by atoms with Gasteiger partial charge in [0.05, 0.1) is 32.6 Å². The number of aryl methyl sites for hydroxylation is 1. The topological polar surface area (TPSA) is 50.7 Å². The summed E-state index contributed by atoms with van der Waals surface area (Å²) >= 11 is 2.83. The number of fused-ring (bicyclic) bond motifs is 3. The molecule has 0 unspecified atom stereocenters. The molecule has 92 valence electrons. The largest absolute Gasteiger partial charge is 0.326 e. The minimum atomic E-state index is -0.773. The van der Waals surface area contributed by atoms with Crippen molar-refractivity contribution >= 4 is 37.9 Å². The number of imidazole rings is 1. The van der Waals surface area contributed by atoms with Gasteiger partial charge in [0, 0.05) is 13.1 Å². The lowest BCUT2D eigenvalue weighted by Gasteiger charge is -2.04. The van der Waals surface area contributed by atoms with Crippen LogP contribution in [0.15, 0.2) is 21.5 Å². The second kappa shape index (κ2) is 3.61. The molecule has 7 heteroatoms. The smallest absolute Gasteiger partial charge is 0.305 e. The third-order valence-corrected chi connectivity index (χ3v) is 3.60. The van der Waals surface area contributed by atoms with E-state index in [9.17, 15) is 13.6 Å². The van der Waals surface area contributed by atoms with Crippen LogP contribution in [0.2, 0.25) is 0 Å². The number of H-pyrrole nitrogens is 1. The standard InChI is InChI=1S/C11H6BrF2N3O/c1-17-6-3-15-5-2-4(13)8(12)9(14)7(5)10(6)16-11(17)18/h2-3H,1H3,(H,16,18). The molecule has 3 rings (SSSR count). The summed E-state index contributed by atoms with van der Waals surface area (Å²) in [5, 5.41) is 0.0958. The Balaban J connectivity index is 2.66. The van der Waals surface area contributed by atoms with Crippen molar-refractivity contribution in [2.75, 3.05) is 0 Å². The number of benzene rings is 1. The summed E-state index contributed by atoms with van der Waals surface area (Å²) in [5.74, 6) is -1.50. The lowest BCUT2D eigenvalue weighted by molar-refractivity contribution is 0.580. The summed E-state index contributed by atoms with van der Waals surface area (Å²) in [6, 6.07) is 1.12. The average molecular weight is 314 g/mol. The Morgan fingerprint density at radius 2 is 2.17 bits per heavy atom. The molecule has 0 aliphatic rings. The first-order valence-corrected chi connectivity index (χ1v) is 5.81. The molecule has 0 fully saturated rings. The molecule has 0 saturated carbocycles. The average Bonchev–Trinajstić information content (AvgIpc) is 2.62. The number of nitrogens with zero attached hydrogens (tertiary/aromatic N) is 2. The van der Waals surface area contributed by atoms with Crippen molar-refractivity contribution in [1.29, 1.82) is 0 Å². The molecule has 0 bridgehead atoms. The highest BCUT2D eigenvalue weighted by atomic mass is 79.9. The summed E-state index contributed by atoms with van der Waals surface area (Å²) in [7, 11) is 1.55. The summed E-state index contributed by atoms with van der Waals surface area (Å²) < 4.78 is 28.5. The first kappa shape index (κ1) is 11.3. The van der Waals surface area contributed by atoms with Crippen LogP contribution in [0.25, 0.3) is 21.9 Å². The minimum Gasteiger partial charge on any atom is -0.305 e. The second-order valence-electron chi connectivity index (χ2n) is 3.89. The van der Waals surface area contributed by atoms with Crippen LogP contribution in [0.1, 0.15) is 0 Å². The zero-order valence-corrected chi connectivity index (χ0v) is 10.7. The lowest BCUT2D eigenvalue weighted by Crippen LogP contribution is -2.11. The first-order valence-electron chi connectivity index (χ1n) is 5.01. The molecule has 0 aliphatic carbocycles. The van der Waals surface area contributed by atoms with E-state index in [1.807, 2.05) is 0 Å². The van der Waals surface area contributed by atoms with E-state index < -0.39 is 11.6 Å². The quantitative estimate of drug-likeness (QED) is 0.648. The molecule has 0 spiro atoms. The van der Waals surface area contributed by atoms with E-state index in [1.165, 1.54) is 10.8 Å². The Bertz CT molecular complexity index is 853. The fraction of sp³-hybridized carbons (Fsp3) is 0.0909. The van der Waals surface area contributed by atoms with Gasteiger partial charge in [0.1, 0.15) is 5.82 Å². The Labute approximate surface area is 107 Å². The van der Waals surface area contributed by atoms with Gasteiger partial charge in [-0.2, -0.15) is 0 Å². The Morgan fingerprint density at radius 1 is 1.44 bits per heavy atom. The van der Waals surface area contributed by atoms with Crippen LogP contribution >= 0.6 is 15.9 Å². The molecule has 0 amide bonds. The van der Waals surface area contributed by atoms with Crippen molar-refractivity contribution in [3.05, 3.63) is 38.9 Å². The van der Waals surface area contributed by atoms with Gasteiger partial charge < -0.3 is 4.98 Å². The fourth-order valence-electron chi connectivity index (χ4n) is 1.93. The van der Waals surface area contributed by atoms with Crippen LogP contribution in [0.5, 0.6) is 0 Å². The van der Waals surface area contributed by atoms with Gasteiger partial charge in [-0.05, 0) is 15.9 Å². The van der Waals surface area contributed by atoms with Gasteiger partial charge >= 0.3 is 5.69 Å². The summed E-state index contributed by atoms with van der Waals surface area (Å²) in [4.78, 5) is 18.0. The maximum absolute atomic E-state index is 14.1. The van der Waals surface area contributed by atoms with Gasteiger partial charge in [0.2, 0.25) is 0 Å². The number of pyridine rings is 1. The van der Waals surface area contributed by atoms with Crippen LogP contribution < -0.4 is 5.69 Å². The maximum Gasteiger partial charge on any atom is 0.326 e. The van der Waals surface area contributed by atoms with Crippen molar-refractivity contribution in [2.45, 2.75) is 0 Å². The summed E-state index contributed by atoms with van der Waals surface area (Å²) in [6.45, 7) is 0. The number of aromatic amines is 1. The van der Waals surface area contributed by atoms with Gasteiger partial charge in [-0.25, -0.2) is 13.6 Å². The fourth-order valence-corrected chi connectivity index (χ4v) is 2.24. The number of hydrogen-bond acceptors (Lipinski definition) is 2. The van der Waals surface area contributed by atoms with Crippen LogP contribution in [-0.4, -0.2) is 14.5 Å². The number of halogens is 3. The molecule has 1 N–H and O–H groups in total. The molecule has 4 nitrogen and oxygen atoms in total. The molecule has 18 heavy (non-hydrogen) atoms. The second-order valence-corrected chi connectivity index (χ2v) is 4.68. The number of aromatic nitrogens is 3. The molecule has 0 saturated heterocycles. The molecule has 1 aromatic carbocycles. The number of nitrogens with one attached hydrogen (secondary N) is 1. The Morgan fingerprint density at radius 3 is 2.89 bits per heavy atom. The minimum absolute atomic E-state index is 0.0958. The van der Waals surface area contributed by atoms with Gasteiger partial charge in [-0.1, -0.05) is 0 Å². The van der Waals surface area contributed by atoms with Crippen molar-refractivity contribution in [3.63, 3.8) is 0 Å². The Hall–Kier alpha value is -1.76. The molecule has 3 aromatic rings. The van der Waals surface area contributed by atoms with Gasteiger partial charge in [0.15, 0.2) is 5.82 Å². The highest BCUT2D eigenvalue weighted by Crippen LogP contribution is 2.30. The number of hydrogen-bond donors (Lipinski definition) is 1. The van der Waals surface area contributed by atoms with Crippen LogP contribution in [0, 0.1) is 11.6 Å². The maximum atomic E-state index is 14.1. The third-order valence-electron chi connectivity index (χ3n) is 2.87. The molecule has 0 radical (unpaired) electrons. The summed E-state index contributed by atoms with van der Waals surface area (Å²) in [5.41, 5.74) is 0.553. The number of rotatable bonds is 0. The monoisotopic (exact) mass is 313 g/mol. The molecular formula is C11H6BrF2N3O. The van der Waals surface area contributed by atoms with Crippen LogP contribution in [-0.2, 0) is 7.05 Å². The molecule has 0 aliphatic heterocycles. The predicted octanol–water partition coefficient (Wildman–Crippen LogP) is 2.46. The highest BCUT2D eigenvalue weighted by molar-refractivity contribution is 9.10. The lowest BCUT2D eigenvalue weighted by atomic mass is 10.2. The third kappa shape index (κ3) is 1.34. The van der Waals surface area contributed by atoms with Gasteiger partial charge in [-0.15, -0.1) is 0 Å². The molecular weight excluding hydrogens is 308 g/mol. The van der Waals surface area contributed by atoms with E-state index in [0.717, 1.165) is 6.07 Å². The molecule has 0 atom stereocenters. The van der Waals surface area contributed by atoms with Crippen molar-refractivity contribution in [2.24, 2.45) is 7.05 Å². The zero-order chi connectivity index (χ0) is 13.0. The van der Waals surface area contributed by atoms with Crippen LogP contribution in [0.4, 0.5) is 8.78 Å². The SMILES string of the molecule is Cn1c(=O)[nH]c2c3c(F)c(Br)c(F)cc3ncc21. The zero-order valence-electron chi connectivity index (χ0n) is 9.09. The van der Waals surface area contributed by atoms with Gasteiger partial charge in [0.25, 0.3) is 0 Å². The molecule has 2 aromatic heterocycles. The van der Waals surface area contributed by atoms with Crippen LogP contribution in [0.3, 0.4) is 0 Å². The Kier molecular flexibility index (Phi) is 2.28. The van der Waals surface area contributed by atoms with E-state index in [0.29, 0.717) is 11.0 Å². The first-order chi connectivity index (χ1) is 8.50. The van der Waals surface area contributed by atoms with Gasteiger partial charge in [-0.3, -0.25) is 9.55 Å².